The van der Waals surface area contributed by atoms with Gasteiger partial charge < -0.3 is 24.4 Å². The van der Waals surface area contributed by atoms with Crippen molar-refractivity contribution in [2.24, 2.45) is 21.7 Å². The molecule has 12 nitrogen and oxygen atoms in total. The van der Waals surface area contributed by atoms with E-state index in [1.54, 1.807) is 27.9 Å². The van der Waals surface area contributed by atoms with Crippen LogP contribution in [0, 0.1) is 16.7 Å². The number of rotatable bonds is 12. The molecule has 1 saturated heterocycles. The number of nitrogens with one attached hydrogen (secondary N) is 2. The molecule has 2 spiro atoms. The Hall–Kier alpha value is -3.29. The molecule has 3 aliphatic carbocycles. The summed E-state index contributed by atoms with van der Waals surface area (Å²) in [6, 6.07) is 5.19. The number of allylic oxidation sites excluding steroid dienone is 1. The fourth-order valence-electron chi connectivity index (χ4n) is 8.14. The fourth-order valence-corrected chi connectivity index (χ4v) is 9.06. The Morgan fingerprint density at radius 2 is 1.90 bits per heavy atom. The maximum absolute atomic E-state index is 13.0. The second kappa shape index (κ2) is 13.4. The van der Waals surface area contributed by atoms with Crippen LogP contribution in [0.3, 0.4) is 0 Å². The molecule has 7 rings (SSSR count). The first-order chi connectivity index (χ1) is 23.8. The van der Waals surface area contributed by atoms with Gasteiger partial charge in [0.2, 0.25) is 5.88 Å². The minimum absolute atomic E-state index is 0.0777. The van der Waals surface area contributed by atoms with E-state index in [0.29, 0.717) is 48.8 Å². The number of carbonyl (C=O) groups is 2. The summed E-state index contributed by atoms with van der Waals surface area (Å²) >= 11 is 7.63. The van der Waals surface area contributed by atoms with Gasteiger partial charge in [-0.1, -0.05) is 17.7 Å². The largest absolute Gasteiger partial charge is 0.477 e. The van der Waals surface area contributed by atoms with Gasteiger partial charge in [-0.05, 0) is 108 Å². The zero-order chi connectivity index (χ0) is 35.3. The highest BCUT2D eigenvalue weighted by atomic mass is 35.5. The van der Waals surface area contributed by atoms with Crippen LogP contribution in [0.4, 0.5) is 4.79 Å². The highest BCUT2D eigenvalue weighted by Crippen LogP contribution is 2.93. The van der Waals surface area contributed by atoms with Gasteiger partial charge in [-0.2, -0.15) is 0 Å². The van der Waals surface area contributed by atoms with Crippen LogP contribution < -0.4 is 14.8 Å². The summed E-state index contributed by atoms with van der Waals surface area (Å²) in [5, 5.41) is 8.67. The summed E-state index contributed by atoms with van der Waals surface area (Å²) in [5.41, 5.74) is 0.742. The maximum Gasteiger partial charge on any atom is 0.410 e. The van der Waals surface area contributed by atoms with E-state index in [0.717, 1.165) is 42.5 Å². The smallest absolute Gasteiger partial charge is 0.410 e. The molecule has 14 heteroatoms. The van der Waals surface area contributed by atoms with Crippen LogP contribution >= 0.6 is 23.5 Å². The van der Waals surface area contributed by atoms with Crippen molar-refractivity contribution in [1.82, 2.24) is 29.7 Å². The van der Waals surface area contributed by atoms with Crippen LogP contribution in [0.2, 0.25) is 5.15 Å². The molecule has 2 N–H and O–H groups in total. The molecule has 2 aromatic heterocycles. The van der Waals surface area contributed by atoms with Gasteiger partial charge in [-0.15, -0.1) is 5.10 Å². The first-order valence-electron chi connectivity index (χ1n) is 17.7. The van der Waals surface area contributed by atoms with E-state index in [1.165, 1.54) is 37.6 Å². The normalized spacial score (nSPS) is 23.5. The maximum atomic E-state index is 13.0. The van der Waals surface area contributed by atoms with E-state index < -0.39 is 5.60 Å². The van der Waals surface area contributed by atoms with Crippen LogP contribution in [0.1, 0.15) is 96.3 Å². The minimum Gasteiger partial charge on any atom is -0.477 e. The highest BCUT2D eigenvalue weighted by Gasteiger charge is 2.85. The Morgan fingerprint density at radius 3 is 2.60 bits per heavy atom. The molecule has 270 valence electrons. The van der Waals surface area contributed by atoms with Gasteiger partial charge in [0.05, 0.1) is 43.0 Å². The van der Waals surface area contributed by atoms with E-state index in [9.17, 15) is 9.59 Å². The molecular weight excluding hydrogens is 678 g/mol. The summed E-state index contributed by atoms with van der Waals surface area (Å²) in [5.74, 6) is 2.38. The molecular formula is C36H48ClN7O5S. The number of pyridine rings is 1. The fraction of sp³-hybridized carbons (Fsp3) is 0.639. The van der Waals surface area contributed by atoms with Crippen molar-refractivity contribution >= 4 is 41.4 Å². The minimum atomic E-state index is -0.547. The number of halogens is 1. The lowest BCUT2D eigenvalue weighted by Gasteiger charge is -2.33. The van der Waals surface area contributed by atoms with Crippen molar-refractivity contribution < 1.29 is 23.8 Å². The third-order valence-corrected chi connectivity index (χ3v) is 11.9. The topological polar surface area (TPSA) is 132 Å². The Kier molecular flexibility index (Phi) is 9.38. The number of hydrogen-bond donors (Lipinski definition) is 2. The third kappa shape index (κ3) is 7.36. The number of likely N-dealkylation sites (tertiary alicyclic amines) is 1. The van der Waals surface area contributed by atoms with Crippen molar-refractivity contribution in [2.45, 2.75) is 103 Å². The Labute approximate surface area is 303 Å². The number of aliphatic imine (C=N–C) groups is 1. The van der Waals surface area contributed by atoms with Gasteiger partial charge in [-0.25, -0.2) is 14.5 Å². The van der Waals surface area contributed by atoms with Crippen LogP contribution in [0.15, 0.2) is 40.5 Å². The molecule has 50 heavy (non-hydrogen) atoms. The van der Waals surface area contributed by atoms with Gasteiger partial charge in [0.15, 0.2) is 5.82 Å². The zero-order valence-corrected chi connectivity index (χ0v) is 31.2. The Balaban J connectivity index is 0.829. The number of ether oxygens (including phenoxy) is 3. The molecule has 1 atom stereocenters. The van der Waals surface area contributed by atoms with Crippen molar-refractivity contribution in [3.63, 3.8) is 0 Å². The number of aromatic nitrogens is 3. The second-order valence-electron chi connectivity index (χ2n) is 15.8. The Bertz CT molecular complexity index is 1680. The van der Waals surface area contributed by atoms with E-state index in [2.05, 4.69) is 25.1 Å². The summed E-state index contributed by atoms with van der Waals surface area (Å²) in [6.07, 6.45) is 12.4. The lowest BCUT2D eigenvalue weighted by atomic mass is 10.0. The first kappa shape index (κ1) is 35.1. The molecule has 2 amide bonds. The highest BCUT2D eigenvalue weighted by molar-refractivity contribution is 8.01. The van der Waals surface area contributed by atoms with Crippen LogP contribution in [0.5, 0.6) is 5.88 Å². The molecule has 2 aliphatic heterocycles. The zero-order valence-electron chi connectivity index (χ0n) is 29.6. The molecule has 3 saturated carbocycles. The summed E-state index contributed by atoms with van der Waals surface area (Å²) in [4.78, 5) is 36.5. The third-order valence-electron chi connectivity index (χ3n) is 10.8. The predicted octanol–water partition coefficient (Wildman–Crippen LogP) is 6.69. The molecule has 5 aliphatic rings. The van der Waals surface area contributed by atoms with Crippen molar-refractivity contribution in [3.8, 4) is 11.7 Å². The summed E-state index contributed by atoms with van der Waals surface area (Å²) in [7, 11) is 0. The van der Waals surface area contributed by atoms with Crippen molar-refractivity contribution in [3.05, 3.63) is 46.2 Å². The van der Waals surface area contributed by atoms with E-state index >= 15 is 0 Å². The van der Waals surface area contributed by atoms with E-state index in [4.69, 9.17) is 25.8 Å². The number of amides is 2. The number of carbonyl (C=O) groups excluding carboxylic acids is 2. The van der Waals surface area contributed by atoms with Gasteiger partial charge in [0.1, 0.15) is 16.6 Å². The van der Waals surface area contributed by atoms with Gasteiger partial charge in [0, 0.05) is 36.2 Å². The average molecular weight is 726 g/mol. The van der Waals surface area contributed by atoms with Gasteiger partial charge >= 0.3 is 6.09 Å². The van der Waals surface area contributed by atoms with Crippen LogP contribution in [-0.4, -0.2) is 81.0 Å². The van der Waals surface area contributed by atoms with E-state index in [-0.39, 0.29) is 34.4 Å². The lowest BCUT2D eigenvalue weighted by Crippen LogP contribution is -2.45. The summed E-state index contributed by atoms with van der Waals surface area (Å²) in [6.45, 7) is 11.8. The quantitative estimate of drug-likeness (QED) is 0.140. The molecule has 0 aromatic carbocycles. The number of fused-ring (bicyclic) bond motifs is 1. The molecule has 0 bridgehead atoms. The molecule has 4 fully saturated rings. The molecule has 0 radical (unpaired) electrons. The number of hydrogen-bond acceptors (Lipinski definition) is 9. The lowest BCUT2D eigenvalue weighted by molar-refractivity contribution is 0.0105. The van der Waals surface area contributed by atoms with Gasteiger partial charge in [0.25, 0.3) is 5.91 Å². The average Bonchev–Trinajstić information content (AvgIpc) is 4.01. The first-order valence-corrected chi connectivity index (χ1v) is 18.9. The summed E-state index contributed by atoms with van der Waals surface area (Å²) < 4.78 is 22.1. The molecule has 4 heterocycles. The standard InChI is InChI=1S/C36H48ClN7O5S/c1-33(2,3)49-32(46)43-22-23(21-34(43,4)5)47-20-17-38-26-7-6-8-29(39-26)50-42-31(45)24-9-10-27(40-30(24)37)44-18-11-28(41-44)48-19-12-25-35(13-14-35)36(25)15-16-36/h8-11,18,23,25H,6-7,12-17,19-22H2,1-5H3,(H,38,39)(H,42,45). The van der Waals surface area contributed by atoms with Crippen molar-refractivity contribution in [1.29, 1.82) is 0 Å². The Morgan fingerprint density at radius 1 is 1.14 bits per heavy atom. The van der Waals surface area contributed by atoms with Gasteiger partial charge in [-0.3, -0.25) is 14.5 Å². The molecule has 1 unspecified atom stereocenters. The van der Waals surface area contributed by atoms with E-state index in [1.807, 2.05) is 46.8 Å². The van der Waals surface area contributed by atoms with Crippen LogP contribution in [0.25, 0.3) is 5.82 Å². The monoisotopic (exact) mass is 725 g/mol. The van der Waals surface area contributed by atoms with Crippen LogP contribution in [-0.2, 0) is 9.47 Å². The number of amidine groups is 1. The number of nitrogens with zero attached hydrogens (tertiary/aromatic N) is 5. The SMILES string of the molecule is CC(C)(C)OC(=O)N1CC(OCCN=C2CCC=C(SNC(=O)c3ccc(-n4ccc(OCCC5C6(CC6)C56CC6)n4)nc3Cl)N2)CC1(C)C. The molecule has 2 aromatic rings. The van der Waals surface area contributed by atoms with Crippen molar-refractivity contribution in [2.75, 3.05) is 26.3 Å². The predicted molar refractivity (Wildman–Crippen MR) is 192 cm³/mol. The second-order valence-corrected chi connectivity index (χ2v) is 17.0.